The molecule has 1 rings (SSSR count). The zero-order valence-electron chi connectivity index (χ0n) is 10.7. The highest BCUT2D eigenvalue weighted by Crippen LogP contribution is 1.98. The van der Waals surface area contributed by atoms with Crippen LogP contribution in [0.1, 0.15) is 23.7 Å². The number of aromatic nitrogens is 1. The number of carbonyl (C=O) groups is 1. The quantitative estimate of drug-likeness (QED) is 0.529. The molecule has 0 fully saturated rings. The van der Waals surface area contributed by atoms with E-state index in [2.05, 4.69) is 17.2 Å². The summed E-state index contributed by atoms with van der Waals surface area (Å²) in [5.41, 5.74) is 0.509. The second kappa shape index (κ2) is 9.56. The Bertz CT molecular complexity index is 330. The first-order valence-electron chi connectivity index (χ1n) is 6.20. The van der Waals surface area contributed by atoms with Crippen molar-refractivity contribution in [3.63, 3.8) is 0 Å². The fourth-order valence-electron chi connectivity index (χ4n) is 1.31. The molecule has 0 aliphatic carbocycles. The summed E-state index contributed by atoms with van der Waals surface area (Å²) in [7, 11) is 0. The van der Waals surface area contributed by atoms with E-state index in [-0.39, 0.29) is 12.6 Å². The molecule has 0 saturated heterocycles. The lowest BCUT2D eigenvalue weighted by molar-refractivity contribution is 0.0322. The SMILES string of the molecule is CCCNCCOCCOC(=O)c1ccncc1. The molecule has 1 heterocycles. The Hall–Kier alpha value is -1.46. The fourth-order valence-corrected chi connectivity index (χ4v) is 1.31. The summed E-state index contributed by atoms with van der Waals surface area (Å²) in [6, 6.07) is 3.25. The number of esters is 1. The van der Waals surface area contributed by atoms with E-state index in [1.807, 2.05) is 0 Å². The molecule has 5 nitrogen and oxygen atoms in total. The number of pyridine rings is 1. The lowest BCUT2D eigenvalue weighted by atomic mass is 10.3. The zero-order valence-corrected chi connectivity index (χ0v) is 10.7. The predicted molar refractivity (Wildman–Crippen MR) is 68.5 cm³/mol. The van der Waals surface area contributed by atoms with Crippen LogP contribution in [-0.2, 0) is 9.47 Å². The summed E-state index contributed by atoms with van der Waals surface area (Å²) in [5.74, 6) is -0.342. The van der Waals surface area contributed by atoms with Crippen molar-refractivity contribution < 1.29 is 14.3 Å². The molecule has 0 aliphatic heterocycles. The third kappa shape index (κ3) is 6.32. The molecule has 0 atom stereocenters. The minimum Gasteiger partial charge on any atom is -0.460 e. The van der Waals surface area contributed by atoms with E-state index in [1.165, 1.54) is 0 Å². The van der Waals surface area contributed by atoms with Gasteiger partial charge in [-0.1, -0.05) is 6.92 Å². The summed E-state index contributed by atoms with van der Waals surface area (Å²) in [4.78, 5) is 15.3. The van der Waals surface area contributed by atoms with Gasteiger partial charge < -0.3 is 14.8 Å². The zero-order chi connectivity index (χ0) is 13.1. The van der Waals surface area contributed by atoms with Crippen LogP contribution >= 0.6 is 0 Å². The van der Waals surface area contributed by atoms with Crippen molar-refractivity contribution in [1.82, 2.24) is 10.3 Å². The van der Waals surface area contributed by atoms with Crippen LogP contribution in [0, 0.1) is 0 Å². The number of rotatable bonds is 9. The van der Waals surface area contributed by atoms with Gasteiger partial charge in [0.1, 0.15) is 6.61 Å². The lowest BCUT2D eigenvalue weighted by Gasteiger charge is -2.06. The van der Waals surface area contributed by atoms with Gasteiger partial charge >= 0.3 is 5.97 Å². The monoisotopic (exact) mass is 252 g/mol. The van der Waals surface area contributed by atoms with Crippen LogP contribution in [0.5, 0.6) is 0 Å². The average molecular weight is 252 g/mol. The van der Waals surface area contributed by atoms with E-state index < -0.39 is 0 Å². The average Bonchev–Trinajstić information content (AvgIpc) is 2.42. The van der Waals surface area contributed by atoms with E-state index in [0.29, 0.717) is 18.8 Å². The Kier molecular flexibility index (Phi) is 7.75. The molecule has 0 radical (unpaired) electrons. The summed E-state index contributed by atoms with van der Waals surface area (Å²) >= 11 is 0. The Labute approximate surface area is 108 Å². The molecule has 0 spiro atoms. The maximum absolute atomic E-state index is 11.5. The van der Waals surface area contributed by atoms with Crippen LogP contribution in [0.2, 0.25) is 0 Å². The van der Waals surface area contributed by atoms with Gasteiger partial charge in [-0.15, -0.1) is 0 Å². The molecule has 0 amide bonds. The molecule has 18 heavy (non-hydrogen) atoms. The lowest BCUT2D eigenvalue weighted by Crippen LogP contribution is -2.21. The number of hydrogen-bond donors (Lipinski definition) is 1. The number of nitrogens with one attached hydrogen (secondary N) is 1. The Morgan fingerprint density at radius 1 is 1.22 bits per heavy atom. The Balaban J connectivity index is 2.00. The van der Waals surface area contributed by atoms with E-state index in [1.54, 1.807) is 24.5 Å². The maximum Gasteiger partial charge on any atom is 0.338 e. The maximum atomic E-state index is 11.5. The van der Waals surface area contributed by atoms with Gasteiger partial charge in [0.2, 0.25) is 0 Å². The topological polar surface area (TPSA) is 60.5 Å². The number of nitrogens with zero attached hydrogens (tertiary/aromatic N) is 1. The molecule has 1 aromatic heterocycles. The highest BCUT2D eigenvalue weighted by atomic mass is 16.6. The Morgan fingerprint density at radius 3 is 2.72 bits per heavy atom. The van der Waals surface area contributed by atoms with Crippen molar-refractivity contribution in [3.8, 4) is 0 Å². The molecule has 5 heteroatoms. The largest absolute Gasteiger partial charge is 0.460 e. The van der Waals surface area contributed by atoms with E-state index in [4.69, 9.17) is 9.47 Å². The molecule has 1 aromatic rings. The van der Waals surface area contributed by atoms with Gasteiger partial charge in [-0.25, -0.2) is 4.79 Å². The third-order valence-electron chi connectivity index (χ3n) is 2.23. The van der Waals surface area contributed by atoms with Gasteiger partial charge in [0.15, 0.2) is 0 Å². The molecular weight excluding hydrogens is 232 g/mol. The molecule has 0 bridgehead atoms. The van der Waals surface area contributed by atoms with Gasteiger partial charge in [-0.3, -0.25) is 4.98 Å². The summed E-state index contributed by atoms with van der Waals surface area (Å²) < 4.78 is 10.4. The smallest absolute Gasteiger partial charge is 0.338 e. The van der Waals surface area contributed by atoms with Crippen molar-refractivity contribution in [2.45, 2.75) is 13.3 Å². The third-order valence-corrected chi connectivity index (χ3v) is 2.23. The minimum atomic E-state index is -0.342. The van der Waals surface area contributed by atoms with E-state index in [9.17, 15) is 4.79 Å². The van der Waals surface area contributed by atoms with Crippen molar-refractivity contribution >= 4 is 5.97 Å². The van der Waals surface area contributed by atoms with Crippen LogP contribution in [0.4, 0.5) is 0 Å². The fraction of sp³-hybridized carbons (Fsp3) is 0.538. The minimum absolute atomic E-state index is 0.273. The van der Waals surface area contributed by atoms with Crippen molar-refractivity contribution in [1.29, 1.82) is 0 Å². The summed E-state index contributed by atoms with van der Waals surface area (Å²) in [6.45, 7) is 5.27. The normalized spacial score (nSPS) is 10.3. The first-order chi connectivity index (χ1) is 8.84. The first kappa shape index (κ1) is 14.6. The van der Waals surface area contributed by atoms with Crippen molar-refractivity contribution in [2.75, 3.05) is 32.9 Å². The number of ether oxygens (including phenoxy) is 2. The molecule has 0 aliphatic rings. The van der Waals surface area contributed by atoms with Gasteiger partial charge in [0, 0.05) is 18.9 Å². The van der Waals surface area contributed by atoms with Gasteiger partial charge in [-0.05, 0) is 25.1 Å². The van der Waals surface area contributed by atoms with Gasteiger partial charge in [0.25, 0.3) is 0 Å². The standard InChI is InChI=1S/C13H20N2O3/c1-2-5-14-8-9-17-10-11-18-13(16)12-3-6-15-7-4-12/h3-4,6-7,14H,2,5,8-11H2,1H3. The molecular formula is C13H20N2O3. The first-order valence-corrected chi connectivity index (χ1v) is 6.20. The molecule has 0 aromatic carbocycles. The van der Waals surface area contributed by atoms with Gasteiger partial charge in [0.05, 0.1) is 18.8 Å². The molecule has 0 saturated carbocycles. The van der Waals surface area contributed by atoms with Crippen molar-refractivity contribution in [2.24, 2.45) is 0 Å². The van der Waals surface area contributed by atoms with Gasteiger partial charge in [-0.2, -0.15) is 0 Å². The summed E-state index contributed by atoms with van der Waals surface area (Å²) in [6.07, 6.45) is 4.24. The second-order valence-electron chi connectivity index (χ2n) is 3.73. The highest BCUT2D eigenvalue weighted by Gasteiger charge is 2.05. The van der Waals surface area contributed by atoms with Crippen LogP contribution in [-0.4, -0.2) is 43.9 Å². The molecule has 0 unspecified atom stereocenters. The Morgan fingerprint density at radius 2 is 2.00 bits per heavy atom. The molecule has 100 valence electrons. The highest BCUT2D eigenvalue weighted by molar-refractivity contribution is 5.89. The van der Waals surface area contributed by atoms with Crippen molar-refractivity contribution in [3.05, 3.63) is 30.1 Å². The predicted octanol–water partition coefficient (Wildman–Crippen LogP) is 1.25. The number of carbonyl (C=O) groups excluding carboxylic acids is 1. The van der Waals surface area contributed by atoms with Crippen LogP contribution in [0.3, 0.4) is 0 Å². The molecule has 1 N–H and O–H groups in total. The van der Waals surface area contributed by atoms with Crippen LogP contribution in [0.15, 0.2) is 24.5 Å². The van der Waals surface area contributed by atoms with Crippen LogP contribution in [0.25, 0.3) is 0 Å². The number of hydrogen-bond acceptors (Lipinski definition) is 5. The summed E-state index contributed by atoms with van der Waals surface area (Å²) in [5, 5.41) is 3.22. The van der Waals surface area contributed by atoms with E-state index >= 15 is 0 Å². The van der Waals surface area contributed by atoms with Crippen LogP contribution < -0.4 is 5.32 Å². The second-order valence-corrected chi connectivity index (χ2v) is 3.73. The van der Waals surface area contributed by atoms with E-state index in [0.717, 1.165) is 19.5 Å².